The maximum atomic E-state index is 6.21. The van der Waals surface area contributed by atoms with Crippen LogP contribution in [0.25, 0.3) is 0 Å². The third-order valence-corrected chi connectivity index (χ3v) is 4.27. The first-order chi connectivity index (χ1) is 11.3. The molecule has 1 aliphatic rings. The third-order valence-electron chi connectivity index (χ3n) is 4.27. The Morgan fingerprint density at radius 3 is 2.78 bits per heavy atom. The second-order valence-electron chi connectivity index (χ2n) is 6.04. The summed E-state index contributed by atoms with van der Waals surface area (Å²) in [6.07, 6.45) is 14.4. The molecule has 7 nitrogen and oxygen atoms in total. The van der Waals surface area contributed by atoms with Gasteiger partial charge < -0.3 is 20.9 Å². The van der Waals surface area contributed by atoms with Crippen molar-refractivity contribution in [2.24, 2.45) is 0 Å². The first-order valence-corrected chi connectivity index (χ1v) is 8.39. The summed E-state index contributed by atoms with van der Waals surface area (Å²) in [5.74, 6) is 1.47. The van der Waals surface area contributed by atoms with Crippen LogP contribution in [0.15, 0.2) is 25.0 Å². The summed E-state index contributed by atoms with van der Waals surface area (Å²) in [4.78, 5) is 12.6. The highest BCUT2D eigenvalue weighted by molar-refractivity contribution is 5.74. The summed E-state index contributed by atoms with van der Waals surface area (Å²) in [6.45, 7) is 1.73. The molecule has 1 saturated carbocycles. The molecular weight excluding hydrogens is 290 g/mol. The van der Waals surface area contributed by atoms with Crippen LogP contribution in [0.5, 0.6) is 0 Å². The van der Waals surface area contributed by atoms with E-state index in [9.17, 15) is 0 Å². The van der Waals surface area contributed by atoms with E-state index in [-0.39, 0.29) is 0 Å². The fraction of sp³-hybridized carbons (Fsp3) is 0.562. The molecule has 2 aromatic heterocycles. The van der Waals surface area contributed by atoms with Crippen molar-refractivity contribution < 1.29 is 0 Å². The van der Waals surface area contributed by atoms with Crippen molar-refractivity contribution in [2.45, 2.75) is 51.1 Å². The van der Waals surface area contributed by atoms with E-state index in [1.807, 2.05) is 12.5 Å². The Hall–Kier alpha value is -2.31. The van der Waals surface area contributed by atoms with E-state index in [1.54, 1.807) is 12.5 Å². The second-order valence-corrected chi connectivity index (χ2v) is 6.04. The SMILES string of the molecule is Nc1c(NCCCn2ccnc2)ncnc1NC1CCCCC1. The van der Waals surface area contributed by atoms with Crippen LogP contribution >= 0.6 is 0 Å². The Labute approximate surface area is 136 Å². The second kappa shape index (κ2) is 7.80. The van der Waals surface area contributed by atoms with Gasteiger partial charge >= 0.3 is 0 Å². The van der Waals surface area contributed by atoms with Crippen molar-refractivity contribution >= 4 is 17.3 Å². The minimum absolute atomic E-state index is 0.482. The van der Waals surface area contributed by atoms with Gasteiger partial charge in [-0.25, -0.2) is 15.0 Å². The lowest BCUT2D eigenvalue weighted by Gasteiger charge is -2.24. The van der Waals surface area contributed by atoms with E-state index in [1.165, 1.54) is 32.1 Å². The highest BCUT2D eigenvalue weighted by Gasteiger charge is 2.16. The lowest BCUT2D eigenvalue weighted by molar-refractivity contribution is 0.462. The minimum atomic E-state index is 0.482. The molecule has 0 radical (unpaired) electrons. The van der Waals surface area contributed by atoms with Crippen molar-refractivity contribution in [3.63, 3.8) is 0 Å². The van der Waals surface area contributed by atoms with E-state index in [0.717, 1.165) is 25.3 Å². The third kappa shape index (κ3) is 4.34. The van der Waals surface area contributed by atoms with Gasteiger partial charge in [0.25, 0.3) is 0 Å². The molecule has 0 atom stereocenters. The number of hydrogen-bond acceptors (Lipinski definition) is 6. The highest BCUT2D eigenvalue weighted by Crippen LogP contribution is 2.26. The molecule has 1 fully saturated rings. The zero-order valence-corrected chi connectivity index (χ0v) is 13.4. The molecule has 0 bridgehead atoms. The number of imidazole rings is 1. The summed E-state index contributed by atoms with van der Waals surface area (Å²) in [5, 5.41) is 6.78. The Morgan fingerprint density at radius 1 is 1.17 bits per heavy atom. The maximum Gasteiger partial charge on any atom is 0.155 e. The molecule has 0 aliphatic heterocycles. The number of aromatic nitrogens is 4. The number of nitrogen functional groups attached to an aromatic ring is 1. The van der Waals surface area contributed by atoms with E-state index >= 15 is 0 Å². The smallest absolute Gasteiger partial charge is 0.155 e. The molecule has 3 rings (SSSR count). The Balaban J connectivity index is 1.51. The van der Waals surface area contributed by atoms with Crippen LogP contribution in [0.4, 0.5) is 17.3 Å². The van der Waals surface area contributed by atoms with Crippen LogP contribution in [0.1, 0.15) is 38.5 Å². The summed E-state index contributed by atoms with van der Waals surface area (Å²) < 4.78 is 2.06. The maximum absolute atomic E-state index is 6.21. The zero-order chi connectivity index (χ0) is 15.9. The summed E-state index contributed by atoms with van der Waals surface area (Å²) in [6, 6.07) is 0.482. The summed E-state index contributed by atoms with van der Waals surface area (Å²) in [5.41, 5.74) is 6.82. The van der Waals surface area contributed by atoms with Gasteiger partial charge in [0.2, 0.25) is 0 Å². The highest BCUT2D eigenvalue weighted by atomic mass is 15.1. The average Bonchev–Trinajstić information content (AvgIpc) is 3.09. The van der Waals surface area contributed by atoms with Gasteiger partial charge in [-0.05, 0) is 19.3 Å². The van der Waals surface area contributed by atoms with Gasteiger partial charge in [0.1, 0.15) is 12.0 Å². The molecule has 124 valence electrons. The molecule has 7 heteroatoms. The molecule has 2 heterocycles. The first kappa shape index (κ1) is 15.6. The first-order valence-electron chi connectivity index (χ1n) is 8.39. The lowest BCUT2D eigenvalue weighted by Crippen LogP contribution is -2.24. The van der Waals surface area contributed by atoms with Crippen molar-refractivity contribution in [3.8, 4) is 0 Å². The van der Waals surface area contributed by atoms with E-state index in [2.05, 4.69) is 30.2 Å². The van der Waals surface area contributed by atoms with Gasteiger partial charge in [0, 0.05) is 31.5 Å². The zero-order valence-electron chi connectivity index (χ0n) is 13.4. The van der Waals surface area contributed by atoms with Crippen LogP contribution in [-0.4, -0.2) is 32.1 Å². The molecule has 0 saturated heterocycles. The van der Waals surface area contributed by atoms with E-state index < -0.39 is 0 Å². The predicted molar refractivity (Wildman–Crippen MR) is 92.3 cm³/mol. The Bertz CT molecular complexity index is 590. The number of nitrogens with one attached hydrogen (secondary N) is 2. The Morgan fingerprint density at radius 2 is 2.00 bits per heavy atom. The Kier molecular flexibility index (Phi) is 5.29. The molecule has 0 spiro atoms. The molecule has 0 unspecified atom stereocenters. The predicted octanol–water partition coefficient (Wildman–Crippen LogP) is 2.50. The van der Waals surface area contributed by atoms with Crippen molar-refractivity contribution in [2.75, 3.05) is 22.9 Å². The van der Waals surface area contributed by atoms with Crippen molar-refractivity contribution in [3.05, 3.63) is 25.0 Å². The van der Waals surface area contributed by atoms with Gasteiger partial charge in [-0.15, -0.1) is 0 Å². The largest absolute Gasteiger partial charge is 0.393 e. The molecule has 2 aromatic rings. The normalized spacial score (nSPS) is 15.5. The topological polar surface area (TPSA) is 93.7 Å². The summed E-state index contributed by atoms with van der Waals surface area (Å²) in [7, 11) is 0. The molecular formula is C16H25N7. The van der Waals surface area contributed by atoms with Crippen LogP contribution in [0.3, 0.4) is 0 Å². The fourth-order valence-electron chi connectivity index (χ4n) is 2.98. The lowest BCUT2D eigenvalue weighted by atomic mass is 9.95. The van der Waals surface area contributed by atoms with Gasteiger partial charge in [0.15, 0.2) is 11.6 Å². The van der Waals surface area contributed by atoms with E-state index in [4.69, 9.17) is 5.73 Å². The van der Waals surface area contributed by atoms with Crippen LogP contribution < -0.4 is 16.4 Å². The van der Waals surface area contributed by atoms with E-state index in [0.29, 0.717) is 17.5 Å². The van der Waals surface area contributed by atoms with Gasteiger partial charge in [-0.1, -0.05) is 19.3 Å². The molecule has 0 aromatic carbocycles. The molecule has 23 heavy (non-hydrogen) atoms. The molecule has 1 aliphatic carbocycles. The average molecular weight is 315 g/mol. The molecule has 0 amide bonds. The van der Waals surface area contributed by atoms with Crippen molar-refractivity contribution in [1.82, 2.24) is 19.5 Å². The van der Waals surface area contributed by atoms with Gasteiger partial charge in [-0.2, -0.15) is 0 Å². The van der Waals surface area contributed by atoms with Crippen molar-refractivity contribution in [1.29, 1.82) is 0 Å². The van der Waals surface area contributed by atoms with Gasteiger partial charge in [-0.3, -0.25) is 0 Å². The number of rotatable bonds is 7. The number of nitrogens with zero attached hydrogens (tertiary/aromatic N) is 4. The monoisotopic (exact) mass is 315 g/mol. The quantitative estimate of drug-likeness (QED) is 0.680. The number of aryl methyl sites for hydroxylation is 1. The number of nitrogens with two attached hydrogens (primary N) is 1. The summed E-state index contributed by atoms with van der Waals surface area (Å²) >= 11 is 0. The minimum Gasteiger partial charge on any atom is -0.393 e. The standard InChI is InChI=1S/C16H25N7/c17-14-15(19-7-4-9-23-10-8-18-12-23)20-11-21-16(14)22-13-5-2-1-3-6-13/h8,10-13H,1-7,9,17H2,(H2,19,20,21,22). The number of hydrogen-bond donors (Lipinski definition) is 3. The van der Waals surface area contributed by atoms with Crippen LogP contribution in [0, 0.1) is 0 Å². The van der Waals surface area contributed by atoms with Gasteiger partial charge in [0.05, 0.1) is 6.33 Å². The number of anilines is 3. The fourth-order valence-corrected chi connectivity index (χ4v) is 2.98. The van der Waals surface area contributed by atoms with Crippen LogP contribution in [0.2, 0.25) is 0 Å². The van der Waals surface area contributed by atoms with Crippen LogP contribution in [-0.2, 0) is 6.54 Å². The molecule has 4 N–H and O–H groups in total.